The Labute approximate surface area is 176 Å². The first-order valence-electron chi connectivity index (χ1n) is 9.81. The zero-order valence-corrected chi connectivity index (χ0v) is 17.6. The summed E-state index contributed by atoms with van der Waals surface area (Å²) in [5.41, 5.74) is 2.95. The average Bonchev–Trinajstić information content (AvgIpc) is 2.85. The number of benzene rings is 2. The van der Waals surface area contributed by atoms with Gasteiger partial charge in [-0.2, -0.15) is 0 Å². The predicted molar refractivity (Wildman–Crippen MR) is 116 cm³/mol. The number of anilines is 1. The normalized spacial score (nSPS) is 16.3. The molecule has 0 N–H and O–H groups in total. The van der Waals surface area contributed by atoms with E-state index < -0.39 is 12.0 Å². The maximum Gasteiger partial charge on any atom is 0.325 e. The number of nitrogens with zero attached hydrogens (tertiary/aromatic N) is 2. The number of carbonyl (C=O) groups excluding carboxylic acids is 2. The monoisotopic (exact) mass is 412 g/mol. The maximum absolute atomic E-state index is 13.6. The minimum atomic E-state index is -0.587. The molecule has 1 atom stereocenters. The molecule has 2 aromatic carbocycles. The zero-order valence-electron chi connectivity index (χ0n) is 16.9. The number of fused-ring (bicyclic) bond motifs is 1. The Kier molecular flexibility index (Phi) is 6.70. The van der Waals surface area contributed by atoms with E-state index >= 15 is 0 Å². The third-order valence-corrected chi connectivity index (χ3v) is 5.58. The van der Waals surface area contributed by atoms with Crippen molar-refractivity contribution in [3.05, 3.63) is 64.7 Å². The van der Waals surface area contributed by atoms with E-state index in [0.717, 1.165) is 24.0 Å². The molecule has 3 rings (SSSR count). The van der Waals surface area contributed by atoms with Gasteiger partial charge in [0.15, 0.2) is 0 Å². The first-order valence-corrected chi connectivity index (χ1v) is 10.2. The lowest BCUT2D eigenvalue weighted by Crippen LogP contribution is -2.44. The molecular weight excluding hydrogens is 388 g/mol. The summed E-state index contributed by atoms with van der Waals surface area (Å²) in [6, 6.07) is 14.4. The lowest BCUT2D eigenvalue weighted by molar-refractivity contribution is -0.140. The molecule has 0 aromatic heterocycles. The summed E-state index contributed by atoms with van der Waals surface area (Å²) in [6.45, 7) is 3.94. The Morgan fingerprint density at radius 2 is 1.86 bits per heavy atom. The molecule has 0 fully saturated rings. The molecule has 0 saturated heterocycles. The van der Waals surface area contributed by atoms with Gasteiger partial charge in [0.1, 0.15) is 12.6 Å². The molecule has 6 heteroatoms. The topological polar surface area (TPSA) is 59.0 Å². The molecule has 29 heavy (non-hydrogen) atoms. The van der Waals surface area contributed by atoms with Crippen LogP contribution in [0.2, 0.25) is 5.02 Å². The van der Waals surface area contributed by atoms with Gasteiger partial charge in [-0.1, -0.05) is 68.6 Å². The zero-order chi connectivity index (χ0) is 21.0. The number of methoxy groups -OCH3 is 1. The maximum atomic E-state index is 13.6. The van der Waals surface area contributed by atoms with E-state index in [1.54, 1.807) is 18.2 Å². The summed E-state index contributed by atoms with van der Waals surface area (Å²) in [5.74, 6) is -0.615. The van der Waals surface area contributed by atoms with E-state index in [0.29, 0.717) is 16.4 Å². The van der Waals surface area contributed by atoms with Crippen LogP contribution in [0.3, 0.4) is 0 Å². The number of halogens is 1. The summed E-state index contributed by atoms with van der Waals surface area (Å²) in [7, 11) is 1.32. The number of carbonyl (C=O) groups is 2. The van der Waals surface area contributed by atoms with Gasteiger partial charge in [-0.15, -0.1) is 0 Å². The van der Waals surface area contributed by atoms with E-state index in [-0.39, 0.29) is 18.4 Å². The standard InChI is InChI=1S/C23H25ClN2O3/c1-4-15(5-2)22-23(28)26(14-20(27)29-3)19-12-11-17(24)13-18(19)21(25-22)16-9-7-6-8-10-16/h6-13,15,22H,4-5,14H2,1-3H3/t22-/m0/s1. The fraction of sp³-hybridized carbons (Fsp3) is 0.348. The quantitative estimate of drug-likeness (QED) is 0.656. The Hall–Kier alpha value is -2.66. The third-order valence-electron chi connectivity index (χ3n) is 5.35. The van der Waals surface area contributed by atoms with Crippen LogP contribution >= 0.6 is 11.6 Å². The van der Waals surface area contributed by atoms with Gasteiger partial charge in [0.25, 0.3) is 5.91 Å². The van der Waals surface area contributed by atoms with Crippen molar-refractivity contribution >= 4 is 34.9 Å². The molecule has 152 valence electrons. The van der Waals surface area contributed by atoms with Crippen LogP contribution in [0.25, 0.3) is 0 Å². The van der Waals surface area contributed by atoms with E-state index in [1.807, 2.05) is 30.3 Å². The van der Waals surface area contributed by atoms with Crippen LogP contribution in [-0.2, 0) is 14.3 Å². The van der Waals surface area contributed by atoms with Crippen LogP contribution in [0, 0.1) is 5.92 Å². The molecule has 0 aliphatic carbocycles. The van der Waals surface area contributed by atoms with Crippen molar-refractivity contribution in [1.82, 2.24) is 0 Å². The number of hydrogen-bond donors (Lipinski definition) is 0. The molecule has 1 aliphatic heterocycles. The molecule has 1 amide bonds. The van der Waals surface area contributed by atoms with Gasteiger partial charge in [-0.05, 0) is 24.1 Å². The summed E-state index contributed by atoms with van der Waals surface area (Å²) in [5, 5.41) is 0.541. The molecule has 0 spiro atoms. The number of benzodiazepines with no additional fused rings is 1. The van der Waals surface area contributed by atoms with E-state index in [2.05, 4.69) is 13.8 Å². The van der Waals surface area contributed by atoms with Crippen molar-refractivity contribution in [2.75, 3.05) is 18.6 Å². The summed E-state index contributed by atoms with van der Waals surface area (Å²) in [6.07, 6.45) is 1.61. The first kappa shape index (κ1) is 21.1. The van der Waals surface area contributed by atoms with Gasteiger partial charge in [0.05, 0.1) is 18.5 Å². The van der Waals surface area contributed by atoms with Crippen LogP contribution in [0.5, 0.6) is 0 Å². The van der Waals surface area contributed by atoms with Crippen molar-refractivity contribution in [3.8, 4) is 0 Å². The number of rotatable bonds is 6. The summed E-state index contributed by atoms with van der Waals surface area (Å²) >= 11 is 6.30. The van der Waals surface area contributed by atoms with Crippen LogP contribution < -0.4 is 4.90 Å². The molecule has 1 aliphatic rings. The SMILES string of the molecule is CCC(CC)[C@@H]1N=C(c2ccccc2)c2cc(Cl)ccc2N(CC(=O)OC)C1=O. The number of ether oxygens (including phenoxy) is 1. The van der Waals surface area contributed by atoms with Gasteiger partial charge in [0.2, 0.25) is 0 Å². The van der Waals surface area contributed by atoms with E-state index in [4.69, 9.17) is 21.3 Å². The lowest BCUT2D eigenvalue weighted by atomic mass is 9.93. The van der Waals surface area contributed by atoms with Crippen molar-refractivity contribution in [2.24, 2.45) is 10.9 Å². The third kappa shape index (κ3) is 4.35. The van der Waals surface area contributed by atoms with Crippen molar-refractivity contribution < 1.29 is 14.3 Å². The van der Waals surface area contributed by atoms with Gasteiger partial charge < -0.3 is 4.74 Å². The number of aliphatic imine (C=N–C) groups is 1. The minimum Gasteiger partial charge on any atom is -0.468 e. The van der Waals surface area contributed by atoms with Crippen LogP contribution in [-0.4, -0.2) is 37.3 Å². The number of esters is 1. The Morgan fingerprint density at radius 1 is 1.17 bits per heavy atom. The largest absolute Gasteiger partial charge is 0.468 e. The van der Waals surface area contributed by atoms with Gasteiger partial charge in [-0.25, -0.2) is 0 Å². The highest BCUT2D eigenvalue weighted by molar-refractivity contribution is 6.32. The van der Waals surface area contributed by atoms with Crippen LogP contribution in [0.15, 0.2) is 53.5 Å². The second kappa shape index (κ2) is 9.23. The molecule has 0 bridgehead atoms. The Bertz CT molecular complexity index is 923. The molecule has 0 radical (unpaired) electrons. The highest BCUT2D eigenvalue weighted by atomic mass is 35.5. The van der Waals surface area contributed by atoms with Crippen molar-refractivity contribution in [3.63, 3.8) is 0 Å². The second-order valence-corrected chi connectivity index (χ2v) is 7.46. The van der Waals surface area contributed by atoms with Gasteiger partial charge in [0, 0.05) is 16.1 Å². The fourth-order valence-corrected chi connectivity index (χ4v) is 3.87. The van der Waals surface area contributed by atoms with Crippen LogP contribution in [0.4, 0.5) is 5.69 Å². The van der Waals surface area contributed by atoms with Gasteiger partial charge in [-0.3, -0.25) is 19.5 Å². The second-order valence-electron chi connectivity index (χ2n) is 7.03. The summed E-state index contributed by atoms with van der Waals surface area (Å²) < 4.78 is 4.84. The molecular formula is C23H25ClN2O3. The smallest absolute Gasteiger partial charge is 0.325 e. The molecule has 2 aromatic rings. The van der Waals surface area contributed by atoms with Crippen molar-refractivity contribution in [2.45, 2.75) is 32.7 Å². The predicted octanol–water partition coefficient (Wildman–Crippen LogP) is 4.50. The Morgan fingerprint density at radius 3 is 2.48 bits per heavy atom. The number of amides is 1. The highest BCUT2D eigenvalue weighted by Gasteiger charge is 2.36. The fourth-order valence-electron chi connectivity index (χ4n) is 3.70. The average molecular weight is 413 g/mol. The van der Waals surface area contributed by atoms with E-state index in [1.165, 1.54) is 12.0 Å². The molecule has 0 saturated carbocycles. The molecule has 5 nitrogen and oxygen atoms in total. The highest BCUT2D eigenvalue weighted by Crippen LogP contribution is 2.33. The van der Waals surface area contributed by atoms with Crippen LogP contribution in [0.1, 0.15) is 37.8 Å². The summed E-state index contributed by atoms with van der Waals surface area (Å²) in [4.78, 5) is 32.1. The van der Waals surface area contributed by atoms with Crippen molar-refractivity contribution in [1.29, 1.82) is 0 Å². The van der Waals surface area contributed by atoms with E-state index in [9.17, 15) is 9.59 Å². The first-order chi connectivity index (χ1) is 14.0. The number of hydrogen-bond acceptors (Lipinski definition) is 4. The molecule has 0 unspecified atom stereocenters. The molecule has 1 heterocycles. The lowest BCUT2D eigenvalue weighted by Gasteiger charge is -2.27. The minimum absolute atomic E-state index is 0.0612. The Balaban J connectivity index is 2.26. The van der Waals surface area contributed by atoms with Gasteiger partial charge >= 0.3 is 5.97 Å².